The molecule has 1 aromatic carbocycles. The van der Waals surface area contributed by atoms with E-state index in [0.717, 1.165) is 34.8 Å². The molecule has 0 unspecified atom stereocenters. The number of aromatic nitrogens is 2. The average Bonchev–Trinajstić information content (AvgIpc) is 3.08. The lowest BCUT2D eigenvalue weighted by Crippen LogP contribution is -2.29. The monoisotopic (exact) mass is 368 g/mol. The van der Waals surface area contributed by atoms with Crippen LogP contribution in [0.4, 0.5) is 5.82 Å². The lowest BCUT2D eigenvalue weighted by atomic mass is 10.2. The van der Waals surface area contributed by atoms with Crippen molar-refractivity contribution in [2.75, 3.05) is 25.0 Å². The lowest BCUT2D eigenvalue weighted by Gasteiger charge is -2.19. The molecule has 3 rings (SSSR count). The maximum Gasteiger partial charge on any atom is 0.221 e. The smallest absolute Gasteiger partial charge is 0.221 e. The summed E-state index contributed by atoms with van der Waals surface area (Å²) in [6.07, 6.45) is 1.40. The number of benzene rings is 1. The van der Waals surface area contributed by atoms with E-state index in [4.69, 9.17) is 0 Å². The summed E-state index contributed by atoms with van der Waals surface area (Å²) in [6.45, 7) is 5.31. The number of hydrogen-bond donors (Lipinski definition) is 1. The predicted octanol–water partition coefficient (Wildman–Crippen LogP) is 4.02. The zero-order valence-corrected chi connectivity index (χ0v) is 16.3. The summed E-state index contributed by atoms with van der Waals surface area (Å²) in [4.78, 5) is 25.3. The third-order valence-corrected chi connectivity index (χ3v) is 5.23. The molecule has 0 atom stereocenters. The van der Waals surface area contributed by atoms with Crippen molar-refractivity contribution in [2.45, 2.75) is 26.7 Å². The molecule has 0 fully saturated rings. The van der Waals surface area contributed by atoms with Gasteiger partial charge in [-0.25, -0.2) is 9.97 Å². The van der Waals surface area contributed by atoms with Crippen molar-refractivity contribution < 1.29 is 4.79 Å². The van der Waals surface area contributed by atoms with Gasteiger partial charge in [-0.1, -0.05) is 37.3 Å². The molecule has 0 saturated heterocycles. The lowest BCUT2D eigenvalue weighted by molar-refractivity contribution is -0.120. The molecule has 0 aliphatic carbocycles. The second-order valence-electron chi connectivity index (χ2n) is 6.31. The molecule has 0 spiro atoms. The van der Waals surface area contributed by atoms with Crippen LogP contribution in [0.5, 0.6) is 0 Å². The van der Waals surface area contributed by atoms with Crippen LogP contribution in [0.3, 0.4) is 0 Å². The van der Waals surface area contributed by atoms with Gasteiger partial charge in [0.15, 0.2) is 0 Å². The van der Waals surface area contributed by atoms with E-state index < -0.39 is 0 Å². The fourth-order valence-corrected chi connectivity index (χ4v) is 3.85. The number of nitrogens with one attached hydrogen (secondary N) is 1. The Labute approximate surface area is 158 Å². The molecule has 2 heterocycles. The highest BCUT2D eigenvalue weighted by Crippen LogP contribution is 2.36. The van der Waals surface area contributed by atoms with Crippen molar-refractivity contribution in [3.05, 3.63) is 42.2 Å². The van der Waals surface area contributed by atoms with Gasteiger partial charge in [0.1, 0.15) is 16.5 Å². The molecule has 1 amide bonds. The van der Waals surface area contributed by atoms with Crippen molar-refractivity contribution in [3.63, 3.8) is 0 Å². The molecule has 3 aromatic rings. The molecule has 5 nitrogen and oxygen atoms in total. The number of fused-ring (bicyclic) bond motifs is 1. The van der Waals surface area contributed by atoms with Crippen LogP contribution in [0.2, 0.25) is 0 Å². The number of nitrogens with zero attached hydrogens (tertiary/aromatic N) is 3. The van der Waals surface area contributed by atoms with E-state index in [9.17, 15) is 4.79 Å². The molecule has 2 aromatic heterocycles. The Kier molecular flexibility index (Phi) is 5.83. The molecule has 0 saturated carbocycles. The van der Waals surface area contributed by atoms with Crippen LogP contribution in [0, 0.1) is 6.92 Å². The van der Waals surface area contributed by atoms with Crippen molar-refractivity contribution in [2.24, 2.45) is 0 Å². The minimum atomic E-state index is 0.0796. The Bertz CT molecular complexity index is 891. The summed E-state index contributed by atoms with van der Waals surface area (Å²) < 4.78 is 0. The van der Waals surface area contributed by atoms with Gasteiger partial charge < -0.3 is 10.2 Å². The van der Waals surface area contributed by atoms with Crippen molar-refractivity contribution in [1.29, 1.82) is 0 Å². The van der Waals surface area contributed by atoms with Gasteiger partial charge >= 0.3 is 0 Å². The van der Waals surface area contributed by atoms with Crippen molar-refractivity contribution >= 4 is 33.3 Å². The number of hydrogen-bond acceptors (Lipinski definition) is 5. The van der Waals surface area contributed by atoms with E-state index in [1.807, 2.05) is 44.0 Å². The van der Waals surface area contributed by atoms with E-state index in [0.29, 0.717) is 13.0 Å². The molecule has 6 heteroatoms. The van der Waals surface area contributed by atoms with Crippen LogP contribution in [0.25, 0.3) is 20.7 Å². The quantitative estimate of drug-likeness (QED) is 0.684. The molecular formula is C20H24N4OS. The SMILES string of the molecule is CCCNC(=O)CCN(C)c1nc(C)nc2sc(-c3ccccc3)cc12. The Morgan fingerprint density at radius 3 is 2.73 bits per heavy atom. The molecule has 0 radical (unpaired) electrons. The minimum absolute atomic E-state index is 0.0796. The summed E-state index contributed by atoms with van der Waals surface area (Å²) in [6, 6.07) is 12.5. The van der Waals surface area contributed by atoms with Crippen LogP contribution in [0.1, 0.15) is 25.6 Å². The summed E-state index contributed by atoms with van der Waals surface area (Å²) in [5, 5.41) is 3.95. The highest BCUT2D eigenvalue weighted by atomic mass is 32.1. The predicted molar refractivity (Wildman–Crippen MR) is 109 cm³/mol. The normalized spacial score (nSPS) is 10.9. The van der Waals surface area contributed by atoms with Crippen LogP contribution < -0.4 is 10.2 Å². The maximum absolute atomic E-state index is 11.9. The van der Waals surface area contributed by atoms with Gasteiger partial charge in [0.2, 0.25) is 5.91 Å². The Hall–Kier alpha value is -2.47. The number of anilines is 1. The first-order valence-electron chi connectivity index (χ1n) is 8.90. The zero-order valence-electron chi connectivity index (χ0n) is 15.5. The van der Waals surface area contributed by atoms with E-state index in [1.165, 1.54) is 10.4 Å². The third kappa shape index (κ3) is 4.19. The molecule has 0 aliphatic rings. The largest absolute Gasteiger partial charge is 0.359 e. The molecule has 26 heavy (non-hydrogen) atoms. The number of amides is 1. The first-order chi connectivity index (χ1) is 12.6. The zero-order chi connectivity index (χ0) is 18.5. The second kappa shape index (κ2) is 8.27. The topological polar surface area (TPSA) is 58.1 Å². The maximum atomic E-state index is 11.9. The fraction of sp³-hybridized carbons (Fsp3) is 0.350. The number of aryl methyl sites for hydroxylation is 1. The number of rotatable bonds is 7. The summed E-state index contributed by atoms with van der Waals surface area (Å²) in [7, 11) is 1.98. The first-order valence-corrected chi connectivity index (χ1v) is 9.71. The average molecular weight is 369 g/mol. The third-order valence-electron chi connectivity index (χ3n) is 4.15. The van der Waals surface area contributed by atoms with Gasteiger partial charge in [-0.15, -0.1) is 11.3 Å². The second-order valence-corrected chi connectivity index (χ2v) is 7.34. The van der Waals surface area contributed by atoms with Crippen molar-refractivity contribution in [3.8, 4) is 10.4 Å². The summed E-state index contributed by atoms with van der Waals surface area (Å²) in [5.74, 6) is 1.71. The van der Waals surface area contributed by atoms with Gasteiger partial charge in [0, 0.05) is 31.4 Å². The van der Waals surface area contributed by atoms with Gasteiger partial charge in [0.25, 0.3) is 0 Å². The molecular weight excluding hydrogens is 344 g/mol. The van der Waals surface area contributed by atoms with Crippen LogP contribution in [-0.2, 0) is 4.79 Å². The Balaban J connectivity index is 1.85. The van der Waals surface area contributed by atoms with E-state index >= 15 is 0 Å². The standard InChI is InChI=1S/C20H24N4OS/c1-4-11-21-18(25)10-12-24(3)19-16-13-17(15-8-6-5-7-9-15)26-20(16)23-14(2)22-19/h5-9,13H,4,10-12H2,1-3H3,(H,21,25). The molecule has 0 aliphatic heterocycles. The van der Waals surface area contributed by atoms with E-state index in [2.05, 4.69) is 33.5 Å². The molecule has 136 valence electrons. The fourth-order valence-electron chi connectivity index (χ4n) is 2.77. The van der Waals surface area contributed by atoms with Crippen LogP contribution in [0.15, 0.2) is 36.4 Å². The van der Waals surface area contributed by atoms with Gasteiger partial charge in [-0.3, -0.25) is 4.79 Å². The van der Waals surface area contributed by atoms with E-state index in [1.54, 1.807) is 11.3 Å². The highest BCUT2D eigenvalue weighted by molar-refractivity contribution is 7.21. The van der Waals surface area contributed by atoms with Gasteiger partial charge in [-0.2, -0.15) is 0 Å². The minimum Gasteiger partial charge on any atom is -0.359 e. The number of carbonyl (C=O) groups is 1. The summed E-state index contributed by atoms with van der Waals surface area (Å²) in [5.41, 5.74) is 1.18. The Morgan fingerprint density at radius 1 is 1.23 bits per heavy atom. The molecule has 1 N–H and O–H groups in total. The van der Waals surface area contributed by atoms with Crippen LogP contribution in [-0.4, -0.2) is 36.0 Å². The Morgan fingerprint density at radius 2 is 2.00 bits per heavy atom. The number of carbonyl (C=O) groups excluding carboxylic acids is 1. The molecule has 0 bridgehead atoms. The van der Waals surface area contributed by atoms with Crippen LogP contribution >= 0.6 is 11.3 Å². The van der Waals surface area contributed by atoms with Crippen molar-refractivity contribution in [1.82, 2.24) is 15.3 Å². The van der Waals surface area contributed by atoms with E-state index in [-0.39, 0.29) is 5.91 Å². The number of thiophene rings is 1. The first kappa shape index (κ1) is 18.3. The summed E-state index contributed by atoms with van der Waals surface area (Å²) >= 11 is 1.67. The highest BCUT2D eigenvalue weighted by Gasteiger charge is 2.15. The van der Waals surface area contributed by atoms with Gasteiger partial charge in [-0.05, 0) is 25.0 Å². The van der Waals surface area contributed by atoms with Gasteiger partial charge in [0.05, 0.1) is 5.39 Å².